The van der Waals surface area contributed by atoms with E-state index in [1.54, 1.807) is 41.4 Å². The first kappa shape index (κ1) is 15.7. The number of carbonyl (C=O) groups is 1. The lowest BCUT2D eigenvalue weighted by Gasteiger charge is -2.24. The number of furan rings is 1. The molecule has 0 aromatic carbocycles. The van der Waals surface area contributed by atoms with Crippen LogP contribution in [0.1, 0.15) is 12.2 Å². The van der Waals surface area contributed by atoms with Gasteiger partial charge in [-0.1, -0.05) is 5.21 Å². The summed E-state index contributed by atoms with van der Waals surface area (Å²) < 4.78 is 6.87. The second-order valence-corrected chi connectivity index (χ2v) is 6.11. The number of likely N-dealkylation sites (N-methyl/N-ethyl adjacent to an activating group) is 1. The highest BCUT2D eigenvalue weighted by Gasteiger charge is 2.37. The molecule has 2 aromatic rings. The molecule has 0 aliphatic carbocycles. The number of rotatable bonds is 6. The number of aliphatic hydroxyl groups is 1. The topological polar surface area (TPSA) is 87.6 Å². The van der Waals surface area contributed by atoms with Gasteiger partial charge in [0.1, 0.15) is 5.76 Å². The predicted octanol–water partition coefficient (Wildman–Crippen LogP) is -0.0335. The highest BCUT2D eigenvalue weighted by molar-refractivity contribution is 5.78. The fourth-order valence-electron chi connectivity index (χ4n) is 2.86. The van der Waals surface area contributed by atoms with Crippen molar-refractivity contribution in [1.29, 1.82) is 0 Å². The quantitative estimate of drug-likeness (QED) is 0.804. The molecule has 3 heterocycles. The van der Waals surface area contributed by atoms with Gasteiger partial charge in [-0.3, -0.25) is 9.69 Å². The van der Waals surface area contributed by atoms with Crippen LogP contribution in [-0.2, 0) is 17.9 Å². The minimum Gasteiger partial charge on any atom is -0.467 e. The lowest BCUT2D eigenvalue weighted by molar-refractivity contribution is -0.131. The molecule has 1 saturated heterocycles. The van der Waals surface area contributed by atoms with Crippen molar-refractivity contribution >= 4 is 5.91 Å². The van der Waals surface area contributed by atoms with E-state index in [4.69, 9.17) is 4.42 Å². The van der Waals surface area contributed by atoms with Gasteiger partial charge < -0.3 is 14.4 Å². The van der Waals surface area contributed by atoms with Crippen molar-refractivity contribution in [2.45, 2.75) is 25.1 Å². The number of β-amino-alcohol motifs (C(OH)–C–C–N with tert-alkyl or cyclic N) is 1. The van der Waals surface area contributed by atoms with Gasteiger partial charge in [0.2, 0.25) is 5.91 Å². The third-order valence-electron chi connectivity index (χ3n) is 4.10. The van der Waals surface area contributed by atoms with Gasteiger partial charge in [0.15, 0.2) is 0 Å². The molecule has 0 bridgehead atoms. The standard InChI is InChI=1S/C15H21N5O3/c1-18(9-13-3-2-8-23-13)14(21)10-19-6-4-15(22,11-19)12-20-7-5-16-17-20/h2-3,5,7-8,22H,4,6,9-12H2,1H3. The SMILES string of the molecule is CN(Cc1ccco1)C(=O)CN1CCC(O)(Cn2ccnn2)C1. The zero-order chi connectivity index (χ0) is 16.3. The summed E-state index contributed by atoms with van der Waals surface area (Å²) in [5.74, 6) is 0.761. The number of hydrogen-bond donors (Lipinski definition) is 1. The molecular formula is C15H21N5O3. The minimum atomic E-state index is -0.867. The molecule has 1 amide bonds. The summed E-state index contributed by atoms with van der Waals surface area (Å²) in [6.45, 7) is 2.26. The summed E-state index contributed by atoms with van der Waals surface area (Å²) in [5, 5.41) is 18.2. The first-order valence-corrected chi connectivity index (χ1v) is 7.59. The molecule has 3 rings (SSSR count). The zero-order valence-electron chi connectivity index (χ0n) is 13.1. The molecule has 1 N–H and O–H groups in total. The molecule has 8 nitrogen and oxygen atoms in total. The van der Waals surface area contributed by atoms with Gasteiger partial charge in [-0.25, -0.2) is 4.68 Å². The number of likely N-dealkylation sites (tertiary alicyclic amines) is 1. The van der Waals surface area contributed by atoms with Crippen LogP contribution in [0.4, 0.5) is 0 Å². The van der Waals surface area contributed by atoms with E-state index in [-0.39, 0.29) is 12.5 Å². The Labute approximate surface area is 134 Å². The summed E-state index contributed by atoms with van der Waals surface area (Å²) in [6.07, 6.45) is 5.52. The van der Waals surface area contributed by atoms with Gasteiger partial charge in [-0.05, 0) is 18.6 Å². The van der Waals surface area contributed by atoms with Crippen LogP contribution < -0.4 is 0 Å². The number of aromatic nitrogens is 3. The van der Waals surface area contributed by atoms with Crippen LogP contribution in [0.15, 0.2) is 35.2 Å². The zero-order valence-corrected chi connectivity index (χ0v) is 13.1. The molecule has 1 aliphatic rings. The van der Waals surface area contributed by atoms with Gasteiger partial charge in [0, 0.05) is 26.3 Å². The number of carbonyl (C=O) groups excluding carboxylic acids is 1. The average Bonchev–Trinajstić information content (AvgIpc) is 3.23. The van der Waals surface area contributed by atoms with Crippen molar-refractivity contribution in [2.24, 2.45) is 0 Å². The smallest absolute Gasteiger partial charge is 0.236 e. The summed E-state index contributed by atoms with van der Waals surface area (Å²) in [7, 11) is 1.75. The normalized spacial score (nSPS) is 21.7. The second kappa shape index (κ2) is 6.51. The molecule has 0 saturated carbocycles. The van der Waals surface area contributed by atoms with Crippen LogP contribution in [0.2, 0.25) is 0 Å². The Hall–Kier alpha value is -2.19. The van der Waals surface area contributed by atoms with Crippen molar-refractivity contribution in [3.05, 3.63) is 36.5 Å². The van der Waals surface area contributed by atoms with Crippen molar-refractivity contribution in [1.82, 2.24) is 24.8 Å². The van der Waals surface area contributed by atoms with E-state index in [1.807, 2.05) is 11.0 Å². The Morgan fingerprint density at radius 2 is 2.43 bits per heavy atom. The van der Waals surface area contributed by atoms with Gasteiger partial charge in [-0.15, -0.1) is 5.10 Å². The van der Waals surface area contributed by atoms with Gasteiger partial charge >= 0.3 is 0 Å². The maximum absolute atomic E-state index is 12.3. The maximum Gasteiger partial charge on any atom is 0.236 e. The second-order valence-electron chi connectivity index (χ2n) is 6.11. The molecule has 2 aromatic heterocycles. The van der Waals surface area contributed by atoms with Crippen LogP contribution in [0.3, 0.4) is 0 Å². The van der Waals surface area contributed by atoms with Crippen LogP contribution in [0.25, 0.3) is 0 Å². The van der Waals surface area contributed by atoms with E-state index >= 15 is 0 Å². The Balaban J connectivity index is 1.50. The molecular weight excluding hydrogens is 298 g/mol. The fraction of sp³-hybridized carbons (Fsp3) is 0.533. The highest BCUT2D eigenvalue weighted by atomic mass is 16.3. The van der Waals surface area contributed by atoms with E-state index < -0.39 is 5.60 Å². The third-order valence-corrected chi connectivity index (χ3v) is 4.10. The monoisotopic (exact) mass is 319 g/mol. The molecule has 1 unspecified atom stereocenters. The van der Waals surface area contributed by atoms with Crippen LogP contribution in [-0.4, -0.2) is 68.1 Å². The van der Waals surface area contributed by atoms with E-state index in [0.29, 0.717) is 32.6 Å². The average molecular weight is 319 g/mol. The number of nitrogens with zero attached hydrogens (tertiary/aromatic N) is 5. The van der Waals surface area contributed by atoms with Crippen LogP contribution in [0, 0.1) is 0 Å². The molecule has 124 valence electrons. The van der Waals surface area contributed by atoms with E-state index in [2.05, 4.69) is 10.3 Å². The van der Waals surface area contributed by atoms with Crippen LogP contribution >= 0.6 is 0 Å². The molecule has 1 fully saturated rings. The number of amides is 1. The molecule has 8 heteroatoms. The lowest BCUT2D eigenvalue weighted by atomic mass is 10.0. The van der Waals surface area contributed by atoms with Crippen molar-refractivity contribution in [2.75, 3.05) is 26.7 Å². The first-order valence-electron chi connectivity index (χ1n) is 7.59. The lowest BCUT2D eigenvalue weighted by Crippen LogP contribution is -2.41. The predicted molar refractivity (Wildman–Crippen MR) is 81.2 cm³/mol. The largest absolute Gasteiger partial charge is 0.467 e. The molecule has 0 radical (unpaired) electrons. The van der Waals surface area contributed by atoms with E-state index in [0.717, 1.165) is 5.76 Å². The van der Waals surface area contributed by atoms with Crippen molar-refractivity contribution in [3.8, 4) is 0 Å². The van der Waals surface area contributed by atoms with Gasteiger partial charge in [0.25, 0.3) is 0 Å². The molecule has 1 aliphatic heterocycles. The Morgan fingerprint density at radius 1 is 1.57 bits per heavy atom. The first-order chi connectivity index (χ1) is 11.0. The highest BCUT2D eigenvalue weighted by Crippen LogP contribution is 2.22. The summed E-state index contributed by atoms with van der Waals surface area (Å²) in [4.78, 5) is 15.9. The van der Waals surface area contributed by atoms with Crippen molar-refractivity contribution in [3.63, 3.8) is 0 Å². The maximum atomic E-state index is 12.3. The molecule has 1 atom stereocenters. The van der Waals surface area contributed by atoms with E-state index in [1.165, 1.54) is 0 Å². The molecule has 23 heavy (non-hydrogen) atoms. The molecule has 0 spiro atoms. The third kappa shape index (κ3) is 3.96. The minimum absolute atomic E-state index is 0.00593. The Morgan fingerprint density at radius 3 is 3.13 bits per heavy atom. The van der Waals surface area contributed by atoms with Gasteiger partial charge in [0.05, 0.1) is 37.7 Å². The number of hydrogen-bond acceptors (Lipinski definition) is 6. The van der Waals surface area contributed by atoms with E-state index in [9.17, 15) is 9.90 Å². The van der Waals surface area contributed by atoms with Gasteiger partial charge in [-0.2, -0.15) is 0 Å². The fourth-order valence-corrected chi connectivity index (χ4v) is 2.86. The summed E-state index contributed by atoms with van der Waals surface area (Å²) >= 11 is 0. The van der Waals surface area contributed by atoms with Crippen molar-refractivity contribution < 1.29 is 14.3 Å². The summed E-state index contributed by atoms with van der Waals surface area (Å²) in [6, 6.07) is 3.65. The Kier molecular flexibility index (Phi) is 4.44. The van der Waals surface area contributed by atoms with Crippen LogP contribution in [0.5, 0.6) is 0 Å². The summed E-state index contributed by atoms with van der Waals surface area (Å²) in [5.41, 5.74) is -0.867. The Bertz CT molecular complexity index is 628.